The highest BCUT2D eigenvalue weighted by molar-refractivity contribution is 7.80. The van der Waals surface area contributed by atoms with Crippen molar-refractivity contribution in [2.45, 2.75) is 26.3 Å². The summed E-state index contributed by atoms with van der Waals surface area (Å²) in [5.41, 5.74) is 0. The number of hydrogen-bond donors (Lipinski definition) is 1. The summed E-state index contributed by atoms with van der Waals surface area (Å²) in [6.07, 6.45) is 0.495. The molecule has 3 nitrogen and oxygen atoms in total. The van der Waals surface area contributed by atoms with Crippen LogP contribution in [0.5, 0.6) is 0 Å². The largest absolute Gasteiger partial charge is 0.481 e. The number of rotatable bonds is 3. The molecule has 1 saturated heterocycles. The highest BCUT2D eigenvalue weighted by Crippen LogP contribution is 2.20. The molecular weight excluding hydrogens is 174 g/mol. The Balaban J connectivity index is 2.31. The summed E-state index contributed by atoms with van der Waals surface area (Å²) in [5, 5.41) is 8.62. The normalized spacial score (nSPS) is 23.5. The summed E-state index contributed by atoms with van der Waals surface area (Å²) in [6.45, 7) is 4.76. The Labute approximate surface area is 77.4 Å². The van der Waals surface area contributed by atoms with Crippen LogP contribution in [0.1, 0.15) is 20.3 Å². The molecule has 68 valence electrons. The summed E-state index contributed by atoms with van der Waals surface area (Å²) in [6, 6.07) is 0.526. The second-order valence-electron chi connectivity index (χ2n) is 3.34. The second-order valence-corrected chi connectivity index (χ2v) is 3.81. The van der Waals surface area contributed by atoms with Gasteiger partial charge in [0.15, 0.2) is 0 Å². The number of nitrogens with zero attached hydrogens (tertiary/aromatic N) is 1. The van der Waals surface area contributed by atoms with Crippen LogP contribution in [0.3, 0.4) is 0 Å². The average molecular weight is 187 g/mol. The number of thiocarbonyl (C=S) groups is 1. The molecule has 1 aliphatic heterocycles. The number of carboxylic acids is 1. The molecule has 0 aromatic heterocycles. The van der Waals surface area contributed by atoms with Crippen molar-refractivity contribution in [2.24, 2.45) is 5.92 Å². The van der Waals surface area contributed by atoms with E-state index in [9.17, 15) is 4.79 Å². The molecular formula is C8H13NO2S. The Morgan fingerprint density at radius 2 is 2.33 bits per heavy atom. The zero-order valence-electron chi connectivity index (χ0n) is 7.28. The van der Waals surface area contributed by atoms with Gasteiger partial charge in [-0.3, -0.25) is 4.79 Å². The fourth-order valence-corrected chi connectivity index (χ4v) is 1.56. The minimum absolute atomic E-state index is 0.356. The number of hydrogen-bond acceptors (Lipinski definition) is 2. The lowest BCUT2D eigenvalue weighted by atomic mass is 10.1. The van der Waals surface area contributed by atoms with Crippen LogP contribution >= 0.6 is 12.2 Å². The molecule has 0 radical (unpaired) electrons. The Kier molecular flexibility index (Phi) is 2.67. The van der Waals surface area contributed by atoms with Crippen molar-refractivity contribution in [1.82, 2.24) is 4.90 Å². The molecule has 12 heavy (non-hydrogen) atoms. The minimum atomic E-state index is -0.771. The smallest absolute Gasteiger partial charge is 0.306 e. The molecule has 0 aliphatic carbocycles. The molecule has 1 aliphatic rings. The van der Waals surface area contributed by atoms with Gasteiger partial charge in [-0.25, -0.2) is 0 Å². The lowest BCUT2D eigenvalue weighted by molar-refractivity contribution is -0.140. The van der Waals surface area contributed by atoms with Gasteiger partial charge in [-0.1, -0.05) is 19.1 Å². The van der Waals surface area contributed by atoms with Gasteiger partial charge in [0.1, 0.15) is 0 Å². The van der Waals surface area contributed by atoms with Gasteiger partial charge >= 0.3 is 5.97 Å². The Hall–Kier alpha value is -0.640. The molecule has 0 amide bonds. The third-order valence-electron chi connectivity index (χ3n) is 2.08. The average Bonchev–Trinajstić information content (AvgIpc) is 2.66. The number of aliphatic carboxylic acids is 1. The van der Waals surface area contributed by atoms with Gasteiger partial charge in [0.2, 0.25) is 0 Å². The van der Waals surface area contributed by atoms with Gasteiger partial charge in [-0.05, 0) is 6.92 Å². The van der Waals surface area contributed by atoms with Crippen LogP contribution < -0.4 is 0 Å². The van der Waals surface area contributed by atoms with Gasteiger partial charge in [-0.15, -0.1) is 0 Å². The van der Waals surface area contributed by atoms with E-state index in [0.29, 0.717) is 12.5 Å². The van der Waals surface area contributed by atoms with Crippen LogP contribution in [-0.4, -0.2) is 33.6 Å². The molecule has 0 spiro atoms. The van der Waals surface area contributed by atoms with E-state index >= 15 is 0 Å². The number of carbonyl (C=O) groups is 1. The summed E-state index contributed by atoms with van der Waals surface area (Å²) < 4.78 is 0. The molecule has 2 unspecified atom stereocenters. The zero-order chi connectivity index (χ0) is 9.30. The lowest BCUT2D eigenvalue weighted by Crippen LogP contribution is -2.18. The maximum Gasteiger partial charge on any atom is 0.306 e. The van der Waals surface area contributed by atoms with E-state index in [1.165, 1.54) is 0 Å². The molecule has 0 aromatic carbocycles. The summed E-state index contributed by atoms with van der Waals surface area (Å²) in [5.74, 6) is -1.13. The Morgan fingerprint density at radius 1 is 1.83 bits per heavy atom. The first-order valence-corrected chi connectivity index (χ1v) is 4.45. The third kappa shape index (κ3) is 2.17. The predicted octanol–water partition coefficient (Wildman–Crippen LogP) is 1.13. The molecule has 1 N–H and O–H groups in total. The van der Waals surface area contributed by atoms with Crippen LogP contribution in [0.15, 0.2) is 0 Å². The molecule has 0 aromatic rings. The second kappa shape index (κ2) is 3.39. The molecule has 0 bridgehead atoms. The van der Waals surface area contributed by atoms with Crippen molar-refractivity contribution in [3.05, 3.63) is 0 Å². The van der Waals surface area contributed by atoms with Gasteiger partial charge in [-0.2, -0.15) is 0 Å². The van der Waals surface area contributed by atoms with E-state index in [0.717, 1.165) is 11.5 Å². The van der Waals surface area contributed by atoms with Crippen molar-refractivity contribution in [2.75, 3.05) is 6.54 Å². The summed E-state index contributed by atoms with van der Waals surface area (Å²) >= 11 is 5.08. The van der Waals surface area contributed by atoms with Gasteiger partial charge in [0, 0.05) is 19.0 Å². The summed E-state index contributed by atoms with van der Waals surface area (Å²) in [4.78, 5) is 13.3. The maximum atomic E-state index is 10.5. The first kappa shape index (κ1) is 9.45. The van der Waals surface area contributed by atoms with Crippen LogP contribution in [-0.2, 0) is 4.79 Å². The van der Waals surface area contributed by atoms with Crippen LogP contribution in [0.25, 0.3) is 0 Å². The van der Waals surface area contributed by atoms with Gasteiger partial charge < -0.3 is 10.0 Å². The fraction of sp³-hybridized carbons (Fsp3) is 0.750. The van der Waals surface area contributed by atoms with E-state index < -0.39 is 5.97 Å². The predicted molar refractivity (Wildman–Crippen MR) is 50.2 cm³/mol. The van der Waals surface area contributed by atoms with Crippen LogP contribution in [0.2, 0.25) is 0 Å². The molecule has 1 heterocycles. The molecule has 2 atom stereocenters. The lowest BCUT2D eigenvalue weighted by Gasteiger charge is -2.08. The Bertz CT molecular complexity index is 217. The van der Waals surface area contributed by atoms with Crippen LogP contribution in [0, 0.1) is 5.92 Å². The topological polar surface area (TPSA) is 40.3 Å². The first-order valence-electron chi connectivity index (χ1n) is 4.04. The molecule has 4 heteroatoms. The summed E-state index contributed by atoms with van der Waals surface area (Å²) in [7, 11) is 0. The van der Waals surface area contributed by atoms with E-state index in [1.54, 1.807) is 6.92 Å². The standard InChI is InChI=1S/C8H13NO2S/c1-5(8(10)11)3-7(12)9-4-6(9)2/h5-6H,3-4H2,1-2H3,(H,10,11). The van der Waals surface area contributed by atoms with Crippen molar-refractivity contribution in [1.29, 1.82) is 0 Å². The Morgan fingerprint density at radius 3 is 2.67 bits per heavy atom. The third-order valence-corrected chi connectivity index (χ3v) is 2.48. The van der Waals surface area contributed by atoms with Crippen molar-refractivity contribution in [3.8, 4) is 0 Å². The van der Waals surface area contributed by atoms with Crippen molar-refractivity contribution >= 4 is 23.2 Å². The van der Waals surface area contributed by atoms with Crippen molar-refractivity contribution < 1.29 is 9.90 Å². The minimum Gasteiger partial charge on any atom is -0.481 e. The maximum absolute atomic E-state index is 10.5. The molecule has 1 rings (SSSR count). The molecule has 1 fully saturated rings. The number of carboxylic acid groups (broad SMARTS) is 1. The SMILES string of the molecule is CC(CC(=S)N1CC1C)C(=O)O. The van der Waals surface area contributed by atoms with E-state index in [2.05, 4.69) is 11.8 Å². The molecule has 0 saturated carbocycles. The van der Waals surface area contributed by atoms with E-state index in [1.807, 2.05) is 0 Å². The monoisotopic (exact) mass is 187 g/mol. The highest BCUT2D eigenvalue weighted by atomic mass is 32.1. The van der Waals surface area contributed by atoms with E-state index in [4.69, 9.17) is 17.3 Å². The van der Waals surface area contributed by atoms with Crippen molar-refractivity contribution in [3.63, 3.8) is 0 Å². The first-order chi connectivity index (χ1) is 5.52. The fourth-order valence-electron chi connectivity index (χ4n) is 1.05. The van der Waals surface area contributed by atoms with Gasteiger partial charge in [0.05, 0.1) is 10.9 Å². The zero-order valence-corrected chi connectivity index (χ0v) is 8.10. The van der Waals surface area contributed by atoms with Gasteiger partial charge in [0.25, 0.3) is 0 Å². The van der Waals surface area contributed by atoms with Crippen LogP contribution in [0.4, 0.5) is 0 Å². The highest BCUT2D eigenvalue weighted by Gasteiger charge is 2.32. The quantitative estimate of drug-likeness (QED) is 0.531. The van der Waals surface area contributed by atoms with E-state index in [-0.39, 0.29) is 5.92 Å².